The predicted molar refractivity (Wildman–Crippen MR) is 124 cm³/mol. The fourth-order valence-corrected chi connectivity index (χ4v) is 3.90. The van der Waals surface area contributed by atoms with Gasteiger partial charge in [-0.2, -0.15) is 0 Å². The summed E-state index contributed by atoms with van der Waals surface area (Å²) in [5, 5.41) is 6.99. The first kappa shape index (κ1) is 23.7. The fraction of sp³-hybridized carbons (Fsp3) is 0.619. The van der Waals surface area contributed by atoms with Crippen molar-refractivity contribution in [1.82, 2.24) is 15.5 Å². The Hall–Kier alpha value is -1.31. The number of benzene rings is 1. The number of guanidine groups is 1. The third-order valence-electron chi connectivity index (χ3n) is 5.03. The zero-order valence-corrected chi connectivity index (χ0v) is 19.6. The second kappa shape index (κ2) is 11.5. The molecular formula is C21H35IN4O. The molecule has 2 N–H and O–H groups in total. The number of halogens is 1. The molecule has 1 aromatic carbocycles. The Balaban J connectivity index is 0.00000364. The molecule has 0 radical (unpaired) electrons. The van der Waals surface area contributed by atoms with Gasteiger partial charge in [0.25, 0.3) is 5.91 Å². The quantitative estimate of drug-likeness (QED) is 0.381. The highest BCUT2D eigenvalue weighted by atomic mass is 127. The lowest BCUT2D eigenvalue weighted by Gasteiger charge is -2.32. The molecule has 1 saturated carbocycles. The van der Waals surface area contributed by atoms with Crippen molar-refractivity contribution in [3.63, 3.8) is 0 Å². The molecule has 0 heterocycles. The van der Waals surface area contributed by atoms with Crippen LogP contribution in [0.1, 0.15) is 49.0 Å². The number of hydrogen-bond donors (Lipinski definition) is 2. The van der Waals surface area contributed by atoms with E-state index in [0.29, 0.717) is 6.04 Å². The molecule has 1 aliphatic rings. The summed E-state index contributed by atoms with van der Waals surface area (Å²) in [6.45, 7) is 5.46. The topological polar surface area (TPSA) is 56.7 Å². The number of nitrogens with one attached hydrogen (secondary N) is 2. The van der Waals surface area contributed by atoms with E-state index in [9.17, 15) is 4.79 Å². The van der Waals surface area contributed by atoms with Crippen LogP contribution in [0, 0.1) is 11.8 Å². The molecule has 0 saturated heterocycles. The van der Waals surface area contributed by atoms with Crippen molar-refractivity contribution in [1.29, 1.82) is 0 Å². The number of hydrogen-bond acceptors (Lipinski definition) is 2. The van der Waals surface area contributed by atoms with E-state index in [1.165, 1.54) is 19.3 Å². The second-order valence-electron chi connectivity index (χ2n) is 7.91. The lowest BCUT2D eigenvalue weighted by atomic mass is 9.80. The third kappa shape index (κ3) is 7.68. The van der Waals surface area contributed by atoms with Gasteiger partial charge in [0.2, 0.25) is 0 Å². The number of carbonyl (C=O) groups is 1. The van der Waals surface area contributed by atoms with Crippen LogP contribution in [0.25, 0.3) is 0 Å². The molecule has 1 aliphatic carbocycles. The first-order valence-corrected chi connectivity index (χ1v) is 9.66. The van der Waals surface area contributed by atoms with E-state index in [0.717, 1.165) is 41.9 Å². The highest BCUT2D eigenvalue weighted by Gasteiger charge is 2.24. The molecule has 27 heavy (non-hydrogen) atoms. The summed E-state index contributed by atoms with van der Waals surface area (Å²) >= 11 is 0. The van der Waals surface area contributed by atoms with Crippen molar-refractivity contribution in [3.05, 3.63) is 35.4 Å². The van der Waals surface area contributed by atoms with E-state index in [1.807, 2.05) is 25.2 Å². The van der Waals surface area contributed by atoms with Crippen molar-refractivity contribution in [3.8, 4) is 0 Å². The molecule has 2 unspecified atom stereocenters. The molecule has 1 amide bonds. The van der Waals surface area contributed by atoms with Crippen molar-refractivity contribution in [2.75, 3.05) is 27.7 Å². The summed E-state index contributed by atoms with van der Waals surface area (Å²) in [5.74, 6) is 2.45. The first-order chi connectivity index (χ1) is 12.4. The molecule has 152 valence electrons. The number of amides is 1. The summed E-state index contributed by atoms with van der Waals surface area (Å²) in [5.41, 5.74) is 1.89. The molecule has 0 spiro atoms. The normalized spacial score (nSPS) is 22.6. The first-order valence-electron chi connectivity index (χ1n) is 9.66. The molecule has 1 aromatic rings. The predicted octanol–water partition coefficient (Wildman–Crippen LogP) is 3.54. The Morgan fingerprint density at radius 1 is 1.19 bits per heavy atom. The Morgan fingerprint density at radius 3 is 2.44 bits per heavy atom. The Bertz CT molecular complexity index is 622. The molecule has 6 heteroatoms. The summed E-state index contributed by atoms with van der Waals surface area (Å²) in [6.07, 6.45) is 4.60. The van der Waals surface area contributed by atoms with Crippen LogP contribution in [-0.4, -0.2) is 50.5 Å². The van der Waals surface area contributed by atoms with Gasteiger partial charge in [0.05, 0.1) is 0 Å². The van der Waals surface area contributed by atoms with Gasteiger partial charge in [-0.05, 0) is 55.2 Å². The minimum absolute atomic E-state index is 0. The van der Waals surface area contributed by atoms with Crippen molar-refractivity contribution in [2.24, 2.45) is 16.8 Å². The second-order valence-corrected chi connectivity index (χ2v) is 7.91. The largest absolute Gasteiger partial charge is 0.356 e. The van der Waals surface area contributed by atoms with E-state index in [4.69, 9.17) is 0 Å². The maximum atomic E-state index is 12.1. The van der Waals surface area contributed by atoms with Gasteiger partial charge >= 0.3 is 0 Å². The van der Waals surface area contributed by atoms with Crippen LogP contribution >= 0.6 is 24.0 Å². The van der Waals surface area contributed by atoms with E-state index in [-0.39, 0.29) is 29.9 Å². The molecule has 1 fully saturated rings. The van der Waals surface area contributed by atoms with E-state index >= 15 is 0 Å². The van der Waals surface area contributed by atoms with Crippen LogP contribution in [0.3, 0.4) is 0 Å². The van der Waals surface area contributed by atoms with Gasteiger partial charge in [0, 0.05) is 39.3 Å². The number of aliphatic imine (C=N–C) groups is 1. The van der Waals surface area contributed by atoms with Crippen LogP contribution in [0.2, 0.25) is 0 Å². The van der Waals surface area contributed by atoms with E-state index < -0.39 is 0 Å². The average Bonchev–Trinajstić information content (AvgIpc) is 2.59. The zero-order valence-electron chi connectivity index (χ0n) is 17.3. The van der Waals surface area contributed by atoms with Gasteiger partial charge in [0.1, 0.15) is 0 Å². The Kier molecular flexibility index (Phi) is 10.1. The van der Waals surface area contributed by atoms with Crippen LogP contribution in [0.15, 0.2) is 29.3 Å². The van der Waals surface area contributed by atoms with Gasteiger partial charge in [-0.3, -0.25) is 9.79 Å². The minimum Gasteiger partial charge on any atom is -0.356 e. The molecule has 2 atom stereocenters. The Labute approximate surface area is 181 Å². The van der Waals surface area contributed by atoms with Gasteiger partial charge in [-0.25, -0.2) is 0 Å². The van der Waals surface area contributed by atoms with E-state index in [1.54, 1.807) is 19.0 Å². The summed E-state index contributed by atoms with van der Waals surface area (Å²) in [7, 11) is 5.37. The highest BCUT2D eigenvalue weighted by Crippen LogP contribution is 2.28. The smallest absolute Gasteiger partial charge is 0.253 e. The van der Waals surface area contributed by atoms with Gasteiger partial charge in [-0.15, -0.1) is 24.0 Å². The highest BCUT2D eigenvalue weighted by molar-refractivity contribution is 14.0. The number of carbonyl (C=O) groups excluding carboxylic acids is 1. The van der Waals surface area contributed by atoms with Crippen molar-refractivity contribution in [2.45, 2.75) is 45.6 Å². The molecule has 0 bridgehead atoms. The summed E-state index contributed by atoms with van der Waals surface area (Å²) < 4.78 is 0. The molecule has 0 aliphatic heterocycles. The third-order valence-corrected chi connectivity index (χ3v) is 5.03. The van der Waals surface area contributed by atoms with Crippen LogP contribution in [0.5, 0.6) is 0 Å². The molecule has 5 nitrogen and oxygen atoms in total. The summed E-state index contributed by atoms with van der Waals surface area (Å²) in [4.78, 5) is 18.1. The zero-order chi connectivity index (χ0) is 19.1. The number of rotatable bonds is 5. The average molecular weight is 486 g/mol. The lowest BCUT2D eigenvalue weighted by Crippen LogP contribution is -2.46. The van der Waals surface area contributed by atoms with Gasteiger partial charge in [0.15, 0.2) is 5.96 Å². The van der Waals surface area contributed by atoms with Gasteiger partial charge in [-0.1, -0.05) is 26.0 Å². The maximum absolute atomic E-state index is 12.1. The standard InChI is InChI=1S/C21H34N4O.HI/c1-15-11-16(2)13-19(12-15)24-21(22-3)23-10-9-17-7-6-8-18(14-17)20(26)25(4)5;/h6-8,14-16,19H,9-13H2,1-5H3,(H2,22,23,24);1H. The SMILES string of the molecule is CN=C(NCCc1cccc(C(=O)N(C)C)c1)NC1CC(C)CC(C)C1.I. The van der Waals surface area contributed by atoms with Crippen molar-refractivity contribution < 1.29 is 4.79 Å². The van der Waals surface area contributed by atoms with Crippen LogP contribution in [-0.2, 0) is 6.42 Å². The van der Waals surface area contributed by atoms with Crippen LogP contribution in [0.4, 0.5) is 0 Å². The minimum atomic E-state index is 0. The summed E-state index contributed by atoms with van der Waals surface area (Å²) in [6, 6.07) is 8.36. The number of nitrogens with zero attached hydrogens (tertiary/aromatic N) is 2. The monoisotopic (exact) mass is 486 g/mol. The lowest BCUT2D eigenvalue weighted by molar-refractivity contribution is 0.0827. The van der Waals surface area contributed by atoms with Crippen LogP contribution < -0.4 is 10.6 Å². The van der Waals surface area contributed by atoms with E-state index in [2.05, 4.69) is 35.5 Å². The molecule has 0 aromatic heterocycles. The molecule has 2 rings (SSSR count). The maximum Gasteiger partial charge on any atom is 0.253 e. The van der Waals surface area contributed by atoms with Crippen molar-refractivity contribution >= 4 is 35.8 Å². The Morgan fingerprint density at radius 2 is 1.85 bits per heavy atom. The molecular weight excluding hydrogens is 451 g/mol. The fourth-order valence-electron chi connectivity index (χ4n) is 3.90. The van der Waals surface area contributed by atoms with Gasteiger partial charge < -0.3 is 15.5 Å².